The predicted molar refractivity (Wildman–Crippen MR) is 92.2 cm³/mol. The highest BCUT2D eigenvalue weighted by Gasteiger charge is 2.20. The van der Waals surface area contributed by atoms with Gasteiger partial charge in [-0.2, -0.15) is 0 Å². The van der Waals surface area contributed by atoms with E-state index in [1.807, 2.05) is 36.6 Å². The van der Waals surface area contributed by atoms with E-state index in [9.17, 15) is 4.79 Å². The number of ether oxygens (including phenoxy) is 1. The summed E-state index contributed by atoms with van der Waals surface area (Å²) >= 11 is 1.37. The van der Waals surface area contributed by atoms with E-state index in [0.717, 1.165) is 28.3 Å². The van der Waals surface area contributed by atoms with Crippen LogP contribution in [0.5, 0.6) is 0 Å². The molecular formula is C18H17NO2S. The Kier molecular flexibility index (Phi) is 4.11. The zero-order valence-corrected chi connectivity index (χ0v) is 13.2. The van der Waals surface area contributed by atoms with Gasteiger partial charge in [0.1, 0.15) is 10.6 Å². The van der Waals surface area contributed by atoms with Gasteiger partial charge in [0.2, 0.25) is 0 Å². The Balaban J connectivity index is 2.14. The Bertz CT molecular complexity index is 818. The molecule has 1 aromatic heterocycles. The van der Waals surface area contributed by atoms with Crippen LogP contribution in [0.4, 0.5) is 5.00 Å². The fourth-order valence-electron chi connectivity index (χ4n) is 2.51. The molecule has 0 radical (unpaired) electrons. The van der Waals surface area contributed by atoms with Crippen LogP contribution in [0.2, 0.25) is 0 Å². The Morgan fingerprint density at radius 3 is 2.73 bits per heavy atom. The Morgan fingerprint density at radius 1 is 1.14 bits per heavy atom. The van der Waals surface area contributed by atoms with Crippen molar-refractivity contribution in [1.29, 1.82) is 0 Å². The third-order valence-corrected chi connectivity index (χ3v) is 4.35. The van der Waals surface area contributed by atoms with E-state index in [0.29, 0.717) is 17.2 Å². The van der Waals surface area contributed by atoms with Gasteiger partial charge in [-0.15, -0.1) is 11.3 Å². The van der Waals surface area contributed by atoms with Gasteiger partial charge in [-0.1, -0.05) is 49.4 Å². The Labute approximate surface area is 133 Å². The summed E-state index contributed by atoms with van der Waals surface area (Å²) in [6, 6.07) is 14.2. The number of fused-ring (bicyclic) bond motifs is 1. The largest absolute Gasteiger partial charge is 0.462 e. The molecule has 0 amide bonds. The molecule has 0 aliphatic rings. The van der Waals surface area contributed by atoms with Crippen LogP contribution in [0, 0.1) is 0 Å². The first-order valence-electron chi connectivity index (χ1n) is 7.24. The van der Waals surface area contributed by atoms with Crippen LogP contribution in [0.15, 0.2) is 47.8 Å². The number of rotatable bonds is 4. The Hall–Kier alpha value is -2.33. The normalized spacial score (nSPS) is 10.8. The number of anilines is 1. The lowest BCUT2D eigenvalue weighted by Crippen LogP contribution is -2.08. The van der Waals surface area contributed by atoms with Gasteiger partial charge < -0.3 is 10.5 Å². The number of thiophene rings is 1. The zero-order chi connectivity index (χ0) is 15.5. The maximum absolute atomic E-state index is 12.3. The molecule has 0 aliphatic heterocycles. The average molecular weight is 311 g/mol. The first-order valence-corrected chi connectivity index (χ1v) is 8.12. The second kappa shape index (κ2) is 6.20. The second-order valence-corrected chi connectivity index (χ2v) is 5.96. The average Bonchev–Trinajstić information content (AvgIpc) is 2.93. The minimum absolute atomic E-state index is 0.344. The topological polar surface area (TPSA) is 52.3 Å². The van der Waals surface area contributed by atoms with Crippen molar-refractivity contribution in [2.75, 3.05) is 12.3 Å². The molecule has 0 unspecified atom stereocenters. The molecule has 0 saturated heterocycles. The highest BCUT2D eigenvalue weighted by Crippen LogP contribution is 2.37. The van der Waals surface area contributed by atoms with E-state index in [4.69, 9.17) is 10.5 Å². The second-order valence-electron chi connectivity index (χ2n) is 5.05. The van der Waals surface area contributed by atoms with Crippen molar-refractivity contribution in [3.63, 3.8) is 0 Å². The molecule has 3 aromatic rings. The fraction of sp³-hybridized carbons (Fsp3) is 0.167. The molecule has 112 valence electrons. The standard InChI is InChI=1S/C18H17NO2S/c1-2-10-21-18(20)16-15(11-22-17(16)19)14-9-5-7-12-6-3-4-8-13(12)14/h3-9,11H,2,10,19H2,1H3. The molecule has 22 heavy (non-hydrogen) atoms. The number of hydrogen-bond acceptors (Lipinski definition) is 4. The van der Waals surface area contributed by atoms with Gasteiger partial charge in [-0.25, -0.2) is 4.79 Å². The molecule has 0 fully saturated rings. The van der Waals surface area contributed by atoms with Gasteiger partial charge in [-0.3, -0.25) is 0 Å². The third-order valence-electron chi connectivity index (χ3n) is 3.54. The van der Waals surface area contributed by atoms with E-state index in [2.05, 4.69) is 18.2 Å². The van der Waals surface area contributed by atoms with E-state index in [-0.39, 0.29) is 5.97 Å². The number of hydrogen-bond donors (Lipinski definition) is 1. The van der Waals surface area contributed by atoms with Crippen molar-refractivity contribution < 1.29 is 9.53 Å². The number of nitrogens with two attached hydrogens (primary N) is 1. The molecule has 2 aromatic carbocycles. The lowest BCUT2D eigenvalue weighted by molar-refractivity contribution is 0.0508. The van der Waals surface area contributed by atoms with Crippen LogP contribution >= 0.6 is 11.3 Å². The summed E-state index contributed by atoms with van der Waals surface area (Å²) < 4.78 is 5.28. The molecule has 2 N–H and O–H groups in total. The smallest absolute Gasteiger partial charge is 0.341 e. The number of esters is 1. The van der Waals surface area contributed by atoms with Crippen LogP contribution in [-0.2, 0) is 4.74 Å². The van der Waals surface area contributed by atoms with Crippen molar-refractivity contribution >= 4 is 33.1 Å². The third kappa shape index (κ3) is 2.57. The number of nitrogen functional groups attached to an aromatic ring is 1. The summed E-state index contributed by atoms with van der Waals surface area (Å²) in [4.78, 5) is 12.3. The van der Waals surface area contributed by atoms with Crippen molar-refractivity contribution in [1.82, 2.24) is 0 Å². The number of benzene rings is 2. The SMILES string of the molecule is CCCOC(=O)c1c(-c2cccc3ccccc23)csc1N. The van der Waals surface area contributed by atoms with Crippen LogP contribution < -0.4 is 5.73 Å². The van der Waals surface area contributed by atoms with Gasteiger partial charge in [0, 0.05) is 10.9 Å². The maximum atomic E-state index is 12.3. The van der Waals surface area contributed by atoms with E-state index >= 15 is 0 Å². The predicted octanol–water partition coefficient (Wildman–Crippen LogP) is 4.72. The van der Waals surface area contributed by atoms with Crippen LogP contribution in [0.25, 0.3) is 21.9 Å². The molecule has 3 nitrogen and oxygen atoms in total. The van der Waals surface area contributed by atoms with E-state index < -0.39 is 0 Å². The molecule has 4 heteroatoms. The van der Waals surface area contributed by atoms with Gasteiger partial charge >= 0.3 is 5.97 Å². The monoisotopic (exact) mass is 311 g/mol. The highest BCUT2D eigenvalue weighted by molar-refractivity contribution is 7.15. The minimum Gasteiger partial charge on any atom is -0.462 e. The van der Waals surface area contributed by atoms with E-state index in [1.54, 1.807) is 0 Å². The molecular weight excluding hydrogens is 294 g/mol. The van der Waals surface area contributed by atoms with Gasteiger partial charge in [0.25, 0.3) is 0 Å². The Morgan fingerprint density at radius 2 is 1.91 bits per heavy atom. The maximum Gasteiger partial charge on any atom is 0.341 e. The molecule has 1 heterocycles. The lowest BCUT2D eigenvalue weighted by atomic mass is 9.97. The van der Waals surface area contributed by atoms with Crippen molar-refractivity contribution in [3.8, 4) is 11.1 Å². The summed E-state index contributed by atoms with van der Waals surface area (Å²) in [6.07, 6.45) is 0.791. The van der Waals surface area contributed by atoms with Crippen LogP contribution in [-0.4, -0.2) is 12.6 Å². The molecule has 0 spiro atoms. The fourth-order valence-corrected chi connectivity index (χ4v) is 3.31. The minimum atomic E-state index is -0.344. The van der Waals surface area contributed by atoms with Gasteiger partial charge in [0.05, 0.1) is 6.61 Å². The summed E-state index contributed by atoms with van der Waals surface area (Å²) in [6.45, 7) is 2.37. The van der Waals surface area contributed by atoms with Crippen LogP contribution in [0.1, 0.15) is 23.7 Å². The first-order chi connectivity index (χ1) is 10.7. The highest BCUT2D eigenvalue weighted by atomic mass is 32.1. The summed E-state index contributed by atoms with van der Waals surface area (Å²) in [5.41, 5.74) is 8.35. The zero-order valence-electron chi connectivity index (χ0n) is 12.3. The summed E-state index contributed by atoms with van der Waals surface area (Å²) in [5, 5.41) is 4.67. The quantitative estimate of drug-likeness (QED) is 0.709. The molecule has 0 aliphatic carbocycles. The molecule has 0 bridgehead atoms. The lowest BCUT2D eigenvalue weighted by Gasteiger charge is -2.09. The van der Waals surface area contributed by atoms with Crippen molar-refractivity contribution in [2.24, 2.45) is 0 Å². The van der Waals surface area contributed by atoms with Gasteiger partial charge in [0.15, 0.2) is 0 Å². The first kappa shape index (κ1) is 14.6. The molecule has 3 rings (SSSR count). The van der Waals surface area contributed by atoms with Crippen LogP contribution in [0.3, 0.4) is 0 Å². The summed E-state index contributed by atoms with van der Waals surface area (Å²) in [7, 11) is 0. The van der Waals surface area contributed by atoms with Gasteiger partial charge in [-0.05, 0) is 22.8 Å². The van der Waals surface area contributed by atoms with Crippen molar-refractivity contribution in [2.45, 2.75) is 13.3 Å². The number of carbonyl (C=O) groups is 1. The number of carbonyl (C=O) groups excluding carboxylic acids is 1. The summed E-state index contributed by atoms with van der Waals surface area (Å²) in [5.74, 6) is -0.344. The molecule has 0 atom stereocenters. The van der Waals surface area contributed by atoms with E-state index in [1.165, 1.54) is 11.3 Å². The molecule has 0 saturated carbocycles. The van der Waals surface area contributed by atoms with Crippen molar-refractivity contribution in [3.05, 3.63) is 53.4 Å².